The van der Waals surface area contributed by atoms with Gasteiger partial charge in [0.1, 0.15) is 5.82 Å². The number of hydrogen-bond acceptors (Lipinski definition) is 4. The predicted molar refractivity (Wildman–Crippen MR) is 237 cm³/mol. The number of aromatic nitrogens is 6. The van der Waals surface area contributed by atoms with E-state index in [1.165, 1.54) is 37.8 Å². The second kappa shape index (κ2) is 12.8. The Labute approximate surface area is 333 Å². The molecular weight excluding hydrogens is 709 g/mol. The van der Waals surface area contributed by atoms with Crippen molar-refractivity contribution in [1.29, 1.82) is 0 Å². The van der Waals surface area contributed by atoms with E-state index in [1.807, 2.05) is 72.9 Å². The molecule has 0 fully saturated rings. The van der Waals surface area contributed by atoms with E-state index in [0.717, 1.165) is 55.9 Å². The molecule has 6 nitrogen and oxygen atoms in total. The smallest absolute Gasteiger partial charge is 0.164 e. The maximum Gasteiger partial charge on any atom is 0.164 e. The van der Waals surface area contributed by atoms with Crippen molar-refractivity contribution in [3.8, 4) is 56.8 Å². The van der Waals surface area contributed by atoms with Crippen LogP contribution in [0.5, 0.6) is 0 Å². The Bertz CT molecular complexity index is 3440. The van der Waals surface area contributed by atoms with Gasteiger partial charge in [-0.1, -0.05) is 140 Å². The second-order valence-electron chi connectivity index (χ2n) is 14.7. The number of hydrogen-bond donors (Lipinski definition) is 0. The van der Waals surface area contributed by atoms with Gasteiger partial charge in [0.15, 0.2) is 17.5 Å². The first-order valence-electron chi connectivity index (χ1n) is 19.5. The van der Waals surface area contributed by atoms with Crippen LogP contribution in [0.25, 0.3) is 111 Å². The summed E-state index contributed by atoms with van der Waals surface area (Å²) in [6, 6.07) is 66.0. The lowest BCUT2D eigenvalue weighted by atomic mass is 9.98. The van der Waals surface area contributed by atoms with Gasteiger partial charge in [-0.15, -0.1) is 0 Å². The summed E-state index contributed by atoms with van der Waals surface area (Å²) < 4.78 is 4.74. The highest BCUT2D eigenvalue weighted by molar-refractivity contribution is 6.33. The molecule has 6 heteroatoms. The number of nitrogens with zero attached hydrogens (tertiary/aromatic N) is 6. The Balaban J connectivity index is 1.05. The van der Waals surface area contributed by atoms with E-state index in [-0.39, 0.29) is 0 Å². The Kier molecular flexibility index (Phi) is 7.13. The van der Waals surface area contributed by atoms with Crippen molar-refractivity contribution in [2.24, 2.45) is 0 Å². The van der Waals surface area contributed by atoms with Crippen LogP contribution in [0.1, 0.15) is 0 Å². The Morgan fingerprint density at radius 1 is 0.328 bits per heavy atom. The molecule has 0 aliphatic carbocycles. The highest BCUT2D eigenvalue weighted by Crippen LogP contribution is 2.45. The fraction of sp³-hybridized carbons (Fsp3) is 0. The van der Waals surface area contributed by atoms with Crippen LogP contribution in [-0.4, -0.2) is 29.1 Å². The summed E-state index contributed by atoms with van der Waals surface area (Å²) in [4.78, 5) is 19.8. The third kappa shape index (κ3) is 4.98. The molecule has 0 atom stereocenters. The van der Waals surface area contributed by atoms with Crippen LogP contribution in [0, 0.1) is 0 Å². The summed E-state index contributed by atoms with van der Waals surface area (Å²) in [5.41, 5.74) is 10.7. The van der Waals surface area contributed by atoms with E-state index in [0.29, 0.717) is 17.5 Å². The van der Waals surface area contributed by atoms with E-state index < -0.39 is 0 Å². The molecule has 0 amide bonds. The summed E-state index contributed by atoms with van der Waals surface area (Å²) in [6.07, 6.45) is 1.87. The predicted octanol–water partition coefficient (Wildman–Crippen LogP) is 12.7. The number of rotatable bonds is 6. The summed E-state index contributed by atoms with van der Waals surface area (Å²) in [5.74, 6) is 2.82. The lowest BCUT2D eigenvalue weighted by molar-refractivity contribution is 1.07. The highest BCUT2D eigenvalue weighted by Gasteiger charge is 2.23. The molecule has 0 radical (unpaired) electrons. The molecule has 0 aliphatic rings. The zero-order chi connectivity index (χ0) is 38.2. The molecule has 270 valence electrons. The van der Waals surface area contributed by atoms with Gasteiger partial charge in [-0.3, -0.25) is 4.57 Å². The first kappa shape index (κ1) is 32.3. The minimum atomic E-state index is 0.631. The fourth-order valence-electron chi connectivity index (χ4n) is 8.82. The van der Waals surface area contributed by atoms with Crippen molar-refractivity contribution >= 4 is 54.4 Å². The van der Waals surface area contributed by atoms with Crippen LogP contribution in [0.4, 0.5) is 0 Å². The standard InChI is InChI=1S/C52H32N6/c1-3-14-34(15-4-1)50-54-51(35-16-5-2-6-17-35)56-52(55-50)38-21-11-19-36(30-38)37-20-12-22-39(31-37)57-43-25-13-18-33-27-28-41-48-40-23-7-8-24-42(40)58(46-26-9-10-29-53-46)44(48)32-45(57)49(41)47(33)43/h1-32H. The Morgan fingerprint density at radius 3 is 1.69 bits per heavy atom. The summed E-state index contributed by atoms with van der Waals surface area (Å²) in [6.45, 7) is 0. The molecule has 0 saturated heterocycles. The zero-order valence-corrected chi connectivity index (χ0v) is 31.2. The number of para-hydroxylation sites is 1. The molecule has 12 aromatic rings. The number of pyridine rings is 1. The quantitative estimate of drug-likeness (QED) is 0.159. The van der Waals surface area contributed by atoms with Crippen LogP contribution in [0.15, 0.2) is 194 Å². The van der Waals surface area contributed by atoms with Gasteiger partial charge in [-0.2, -0.15) is 0 Å². The molecule has 0 spiro atoms. The summed E-state index contributed by atoms with van der Waals surface area (Å²) >= 11 is 0. The van der Waals surface area contributed by atoms with E-state index in [2.05, 4.69) is 130 Å². The van der Waals surface area contributed by atoms with E-state index in [4.69, 9.17) is 19.9 Å². The Morgan fingerprint density at radius 2 is 0.931 bits per heavy atom. The van der Waals surface area contributed by atoms with Crippen molar-refractivity contribution in [1.82, 2.24) is 29.1 Å². The zero-order valence-electron chi connectivity index (χ0n) is 31.2. The third-order valence-corrected chi connectivity index (χ3v) is 11.4. The normalized spacial score (nSPS) is 11.8. The monoisotopic (exact) mass is 740 g/mol. The van der Waals surface area contributed by atoms with E-state index >= 15 is 0 Å². The van der Waals surface area contributed by atoms with Crippen molar-refractivity contribution < 1.29 is 0 Å². The van der Waals surface area contributed by atoms with Gasteiger partial charge in [0.2, 0.25) is 0 Å². The molecule has 4 heterocycles. The van der Waals surface area contributed by atoms with Crippen LogP contribution in [-0.2, 0) is 0 Å². The van der Waals surface area contributed by atoms with Gasteiger partial charge in [0.25, 0.3) is 0 Å². The SMILES string of the molecule is c1ccc(-c2nc(-c3ccccc3)nc(-c3cccc(-c4cccc(-n5c6cccc7ccc8c9c%10ccccc%10n(-c%10ccccn%10)c9cc5c8c76)c4)c3)n2)cc1. The molecule has 8 aromatic carbocycles. The van der Waals surface area contributed by atoms with Gasteiger partial charge in [0.05, 0.1) is 22.1 Å². The fourth-order valence-corrected chi connectivity index (χ4v) is 8.82. The molecule has 0 aliphatic heterocycles. The first-order valence-corrected chi connectivity index (χ1v) is 19.5. The van der Waals surface area contributed by atoms with Crippen LogP contribution >= 0.6 is 0 Å². The second-order valence-corrected chi connectivity index (χ2v) is 14.7. The summed E-state index contributed by atoms with van der Waals surface area (Å²) in [7, 11) is 0. The Hall–Kier alpha value is -7.96. The molecule has 0 N–H and O–H groups in total. The van der Waals surface area contributed by atoms with Gasteiger partial charge in [-0.25, -0.2) is 19.9 Å². The molecule has 58 heavy (non-hydrogen) atoms. The number of benzene rings is 8. The molecule has 0 unspecified atom stereocenters. The third-order valence-electron chi connectivity index (χ3n) is 11.4. The lowest BCUT2D eigenvalue weighted by Gasteiger charge is -2.12. The van der Waals surface area contributed by atoms with Crippen LogP contribution in [0.3, 0.4) is 0 Å². The van der Waals surface area contributed by atoms with E-state index in [1.54, 1.807) is 0 Å². The largest absolute Gasteiger partial charge is 0.309 e. The number of fused-ring (bicyclic) bond motifs is 4. The van der Waals surface area contributed by atoms with Gasteiger partial charge < -0.3 is 4.57 Å². The maximum atomic E-state index is 5.01. The minimum Gasteiger partial charge on any atom is -0.309 e. The topological polar surface area (TPSA) is 61.4 Å². The molecule has 12 rings (SSSR count). The van der Waals surface area contributed by atoms with Crippen molar-refractivity contribution in [3.63, 3.8) is 0 Å². The average Bonchev–Trinajstić information content (AvgIpc) is 3.82. The molecular formula is C52H32N6. The summed E-state index contributed by atoms with van der Waals surface area (Å²) in [5, 5.41) is 7.48. The average molecular weight is 741 g/mol. The van der Waals surface area contributed by atoms with Gasteiger partial charge >= 0.3 is 0 Å². The van der Waals surface area contributed by atoms with Gasteiger partial charge in [-0.05, 0) is 70.4 Å². The maximum absolute atomic E-state index is 5.01. The van der Waals surface area contributed by atoms with Crippen LogP contribution in [0.2, 0.25) is 0 Å². The van der Waals surface area contributed by atoms with Crippen LogP contribution < -0.4 is 0 Å². The van der Waals surface area contributed by atoms with Crippen molar-refractivity contribution in [2.75, 3.05) is 0 Å². The molecule has 0 saturated carbocycles. The van der Waals surface area contributed by atoms with Gasteiger partial charge in [0, 0.05) is 50.1 Å². The van der Waals surface area contributed by atoms with Crippen molar-refractivity contribution in [3.05, 3.63) is 194 Å². The minimum absolute atomic E-state index is 0.631. The molecule has 4 aromatic heterocycles. The first-order chi connectivity index (χ1) is 28.8. The lowest BCUT2D eigenvalue weighted by Crippen LogP contribution is -2.00. The van der Waals surface area contributed by atoms with Crippen molar-refractivity contribution in [2.45, 2.75) is 0 Å². The molecule has 0 bridgehead atoms. The van der Waals surface area contributed by atoms with E-state index in [9.17, 15) is 0 Å². The highest BCUT2D eigenvalue weighted by atomic mass is 15.1.